The zero-order valence-electron chi connectivity index (χ0n) is 14.4. The van der Waals surface area contributed by atoms with Gasteiger partial charge in [-0.1, -0.05) is 79.1 Å². The van der Waals surface area contributed by atoms with E-state index in [4.69, 9.17) is 17.0 Å². The average molecular weight is 382 g/mol. The van der Waals surface area contributed by atoms with Gasteiger partial charge in [-0.05, 0) is 36.3 Å². The molecule has 0 bridgehead atoms. The van der Waals surface area contributed by atoms with Gasteiger partial charge in [0.1, 0.15) is 16.7 Å². The van der Waals surface area contributed by atoms with E-state index in [1.807, 2.05) is 67.6 Å². The van der Waals surface area contributed by atoms with E-state index in [1.165, 1.54) is 11.8 Å². The summed E-state index contributed by atoms with van der Waals surface area (Å²) in [4.78, 5) is 15.2. The van der Waals surface area contributed by atoms with Crippen LogP contribution in [0.5, 0.6) is 5.75 Å². The highest BCUT2D eigenvalue weighted by atomic mass is 32.2. The first-order valence-electron chi connectivity index (χ1n) is 8.26. The SMILES string of the molecule is C=CCOc1ccc(/C=C2\SC(=S)N([C@H](C)c3ccccc3)C2=O)cc1. The second-order valence-electron chi connectivity index (χ2n) is 5.81. The number of hydrogen-bond acceptors (Lipinski definition) is 4. The van der Waals surface area contributed by atoms with Crippen LogP contribution in [0.4, 0.5) is 0 Å². The predicted molar refractivity (Wildman–Crippen MR) is 112 cm³/mol. The molecular formula is C21H19NO2S2. The van der Waals surface area contributed by atoms with E-state index < -0.39 is 0 Å². The Morgan fingerprint density at radius 1 is 1.19 bits per heavy atom. The Hall–Kier alpha value is -2.37. The molecule has 0 unspecified atom stereocenters. The lowest BCUT2D eigenvalue weighted by molar-refractivity contribution is -0.123. The molecule has 1 aliphatic rings. The molecular weight excluding hydrogens is 362 g/mol. The highest BCUT2D eigenvalue weighted by molar-refractivity contribution is 8.26. The molecule has 26 heavy (non-hydrogen) atoms. The number of carbonyl (C=O) groups excluding carboxylic acids is 1. The maximum Gasteiger partial charge on any atom is 0.266 e. The zero-order chi connectivity index (χ0) is 18.5. The summed E-state index contributed by atoms with van der Waals surface area (Å²) in [5.74, 6) is 0.718. The Bertz CT molecular complexity index is 844. The molecule has 1 saturated heterocycles. The number of amides is 1. The van der Waals surface area contributed by atoms with Crippen molar-refractivity contribution in [2.75, 3.05) is 6.61 Å². The molecule has 0 spiro atoms. The van der Waals surface area contributed by atoms with Gasteiger partial charge in [0.2, 0.25) is 0 Å². The quantitative estimate of drug-likeness (QED) is 0.390. The maximum atomic E-state index is 12.9. The standard InChI is InChI=1S/C21H19NO2S2/c1-3-13-24-18-11-9-16(10-12-18)14-19-20(23)22(21(25)26-19)15(2)17-7-5-4-6-8-17/h3-12,14-15H,1,13H2,2H3/b19-14-/t15-/m1/s1. The molecule has 2 aromatic rings. The molecule has 2 aromatic carbocycles. The van der Waals surface area contributed by atoms with Crippen molar-refractivity contribution < 1.29 is 9.53 Å². The van der Waals surface area contributed by atoms with Crippen LogP contribution in [0.15, 0.2) is 72.2 Å². The minimum absolute atomic E-state index is 0.0525. The highest BCUT2D eigenvalue weighted by Crippen LogP contribution is 2.38. The lowest BCUT2D eigenvalue weighted by atomic mass is 10.1. The van der Waals surface area contributed by atoms with Crippen molar-refractivity contribution in [1.82, 2.24) is 4.90 Å². The second-order valence-corrected chi connectivity index (χ2v) is 7.48. The minimum Gasteiger partial charge on any atom is -0.490 e. The predicted octanol–water partition coefficient (Wildman–Crippen LogP) is 5.21. The third kappa shape index (κ3) is 4.06. The Morgan fingerprint density at radius 3 is 2.54 bits per heavy atom. The summed E-state index contributed by atoms with van der Waals surface area (Å²) in [5, 5.41) is 0. The summed E-state index contributed by atoms with van der Waals surface area (Å²) in [6.45, 7) is 6.09. The van der Waals surface area contributed by atoms with Gasteiger partial charge < -0.3 is 4.74 Å². The van der Waals surface area contributed by atoms with Crippen LogP contribution in [0.25, 0.3) is 6.08 Å². The molecule has 1 fully saturated rings. The van der Waals surface area contributed by atoms with Crippen molar-refractivity contribution in [3.8, 4) is 5.75 Å². The Balaban J connectivity index is 1.77. The molecule has 0 radical (unpaired) electrons. The normalized spacial score (nSPS) is 16.8. The van der Waals surface area contributed by atoms with Crippen molar-refractivity contribution in [2.45, 2.75) is 13.0 Å². The summed E-state index contributed by atoms with van der Waals surface area (Å²) in [6.07, 6.45) is 3.57. The van der Waals surface area contributed by atoms with Gasteiger partial charge in [-0.3, -0.25) is 9.69 Å². The summed E-state index contributed by atoms with van der Waals surface area (Å²) >= 11 is 6.80. The van der Waals surface area contributed by atoms with Crippen molar-refractivity contribution in [2.24, 2.45) is 0 Å². The lowest BCUT2D eigenvalue weighted by Gasteiger charge is -2.23. The Labute approximate surface area is 163 Å². The van der Waals surface area contributed by atoms with Crippen molar-refractivity contribution >= 4 is 40.3 Å². The lowest BCUT2D eigenvalue weighted by Crippen LogP contribution is -2.30. The smallest absolute Gasteiger partial charge is 0.266 e. The number of benzene rings is 2. The average Bonchev–Trinajstić information content (AvgIpc) is 2.94. The minimum atomic E-state index is -0.0933. The van der Waals surface area contributed by atoms with E-state index in [1.54, 1.807) is 11.0 Å². The van der Waals surface area contributed by atoms with Crippen molar-refractivity contribution in [3.05, 3.63) is 83.3 Å². The van der Waals surface area contributed by atoms with Gasteiger partial charge in [0, 0.05) is 0 Å². The Morgan fingerprint density at radius 2 is 1.88 bits per heavy atom. The van der Waals surface area contributed by atoms with E-state index in [2.05, 4.69) is 6.58 Å². The van der Waals surface area contributed by atoms with E-state index in [0.29, 0.717) is 15.8 Å². The number of hydrogen-bond donors (Lipinski definition) is 0. The molecule has 0 saturated carbocycles. The third-order valence-corrected chi connectivity index (χ3v) is 5.37. The number of rotatable bonds is 6. The number of nitrogens with zero attached hydrogens (tertiary/aromatic N) is 1. The molecule has 1 heterocycles. The largest absolute Gasteiger partial charge is 0.490 e. The maximum absolute atomic E-state index is 12.9. The number of thiocarbonyl (C=S) groups is 1. The Kier molecular flexibility index (Phi) is 5.91. The molecule has 0 aromatic heterocycles. The molecule has 0 aliphatic carbocycles. The molecule has 1 atom stereocenters. The first kappa shape index (κ1) is 18.4. The third-order valence-electron chi connectivity index (χ3n) is 4.04. The second kappa shape index (κ2) is 8.34. The molecule has 5 heteroatoms. The summed E-state index contributed by atoms with van der Waals surface area (Å²) in [6, 6.07) is 17.4. The molecule has 132 valence electrons. The first-order chi connectivity index (χ1) is 12.6. The summed E-state index contributed by atoms with van der Waals surface area (Å²) < 4.78 is 6.06. The van der Waals surface area contributed by atoms with Crippen LogP contribution in [-0.4, -0.2) is 21.7 Å². The van der Waals surface area contributed by atoms with Crippen LogP contribution in [0.1, 0.15) is 24.1 Å². The van der Waals surface area contributed by atoms with E-state index in [-0.39, 0.29) is 11.9 Å². The van der Waals surface area contributed by atoms with Crippen LogP contribution in [0.2, 0.25) is 0 Å². The molecule has 3 nitrogen and oxygen atoms in total. The van der Waals surface area contributed by atoms with E-state index in [9.17, 15) is 4.79 Å². The van der Waals surface area contributed by atoms with Gasteiger partial charge in [0.25, 0.3) is 5.91 Å². The van der Waals surface area contributed by atoms with Crippen molar-refractivity contribution in [1.29, 1.82) is 0 Å². The zero-order valence-corrected chi connectivity index (χ0v) is 16.1. The van der Waals surface area contributed by atoms with Crippen LogP contribution < -0.4 is 4.74 Å². The van der Waals surface area contributed by atoms with Crippen LogP contribution in [0, 0.1) is 0 Å². The van der Waals surface area contributed by atoms with Gasteiger partial charge in [0.05, 0.1) is 10.9 Å². The number of ether oxygens (including phenoxy) is 1. The monoisotopic (exact) mass is 381 g/mol. The molecule has 0 N–H and O–H groups in total. The highest BCUT2D eigenvalue weighted by Gasteiger charge is 2.35. The van der Waals surface area contributed by atoms with Gasteiger partial charge in [-0.25, -0.2) is 0 Å². The fraction of sp³-hybridized carbons (Fsp3) is 0.143. The van der Waals surface area contributed by atoms with E-state index >= 15 is 0 Å². The summed E-state index contributed by atoms with van der Waals surface area (Å²) in [5.41, 5.74) is 2.00. The number of thioether (sulfide) groups is 1. The van der Waals surface area contributed by atoms with Gasteiger partial charge in [-0.2, -0.15) is 0 Å². The number of carbonyl (C=O) groups is 1. The van der Waals surface area contributed by atoms with Crippen LogP contribution in [-0.2, 0) is 4.79 Å². The fourth-order valence-corrected chi connectivity index (χ4v) is 4.08. The van der Waals surface area contributed by atoms with E-state index in [0.717, 1.165) is 16.9 Å². The molecule has 1 aliphatic heterocycles. The topological polar surface area (TPSA) is 29.5 Å². The summed E-state index contributed by atoms with van der Waals surface area (Å²) in [7, 11) is 0. The van der Waals surface area contributed by atoms with Gasteiger partial charge in [-0.15, -0.1) is 0 Å². The van der Waals surface area contributed by atoms with Crippen molar-refractivity contribution in [3.63, 3.8) is 0 Å². The molecule has 1 amide bonds. The molecule has 3 rings (SSSR count). The van der Waals surface area contributed by atoms with Gasteiger partial charge in [0.15, 0.2) is 0 Å². The first-order valence-corrected chi connectivity index (χ1v) is 9.48. The van der Waals surface area contributed by atoms with Crippen LogP contribution >= 0.6 is 24.0 Å². The van der Waals surface area contributed by atoms with Crippen LogP contribution in [0.3, 0.4) is 0 Å². The fourth-order valence-electron chi connectivity index (χ4n) is 2.66. The van der Waals surface area contributed by atoms with Gasteiger partial charge >= 0.3 is 0 Å².